The largest absolute Gasteiger partial charge is 0.493 e. The lowest BCUT2D eigenvalue weighted by Gasteiger charge is -2.27. The molecule has 1 fully saturated rings. The Morgan fingerprint density at radius 1 is 0.895 bits per heavy atom. The standard InChI is InChI=1S/C16H17BO2/c1-13-7-9-16(10-8-13)17-18-11-15(12-19-17)14-5-3-2-4-6-14/h2-10,15H,11-12H2,1H3. The maximum Gasteiger partial charge on any atom is 0.493 e. The van der Waals surface area contributed by atoms with Crippen LogP contribution in [-0.4, -0.2) is 20.3 Å². The van der Waals surface area contributed by atoms with Gasteiger partial charge < -0.3 is 9.31 Å². The van der Waals surface area contributed by atoms with Gasteiger partial charge in [-0.1, -0.05) is 60.2 Å². The second-order valence-corrected chi connectivity index (χ2v) is 5.02. The number of rotatable bonds is 2. The first-order valence-corrected chi connectivity index (χ1v) is 6.67. The van der Waals surface area contributed by atoms with Gasteiger partial charge in [-0.3, -0.25) is 0 Å². The molecule has 0 saturated carbocycles. The smallest absolute Gasteiger partial charge is 0.407 e. The summed E-state index contributed by atoms with van der Waals surface area (Å²) in [5.41, 5.74) is 3.63. The lowest BCUT2D eigenvalue weighted by Crippen LogP contribution is -2.43. The molecule has 0 aliphatic carbocycles. The Hall–Kier alpha value is -1.58. The van der Waals surface area contributed by atoms with Crippen LogP contribution in [0.5, 0.6) is 0 Å². The molecule has 0 spiro atoms. The van der Waals surface area contributed by atoms with Crippen molar-refractivity contribution in [1.29, 1.82) is 0 Å². The first-order chi connectivity index (χ1) is 9.33. The van der Waals surface area contributed by atoms with Gasteiger partial charge in [0.2, 0.25) is 0 Å². The van der Waals surface area contributed by atoms with Crippen molar-refractivity contribution >= 4 is 12.6 Å². The topological polar surface area (TPSA) is 18.5 Å². The van der Waals surface area contributed by atoms with E-state index in [1.54, 1.807) is 0 Å². The Bertz CT molecular complexity index is 516. The minimum Gasteiger partial charge on any atom is -0.407 e. The predicted molar refractivity (Wildman–Crippen MR) is 77.7 cm³/mol. The third-order valence-electron chi connectivity index (χ3n) is 3.52. The summed E-state index contributed by atoms with van der Waals surface area (Å²) in [6.07, 6.45) is 0. The van der Waals surface area contributed by atoms with Gasteiger partial charge in [0.15, 0.2) is 0 Å². The summed E-state index contributed by atoms with van der Waals surface area (Å²) in [7, 11) is -0.222. The van der Waals surface area contributed by atoms with Crippen LogP contribution in [0.2, 0.25) is 0 Å². The molecule has 0 radical (unpaired) electrons. The predicted octanol–water partition coefficient (Wildman–Crippen LogP) is 2.52. The fourth-order valence-electron chi connectivity index (χ4n) is 2.34. The van der Waals surface area contributed by atoms with Crippen LogP contribution >= 0.6 is 0 Å². The van der Waals surface area contributed by atoms with Gasteiger partial charge in [0.05, 0.1) is 0 Å². The molecule has 0 unspecified atom stereocenters. The Morgan fingerprint density at radius 3 is 2.16 bits per heavy atom. The summed E-state index contributed by atoms with van der Waals surface area (Å²) >= 11 is 0. The summed E-state index contributed by atoms with van der Waals surface area (Å²) in [5, 5.41) is 0. The molecular weight excluding hydrogens is 235 g/mol. The Kier molecular flexibility index (Phi) is 3.67. The molecule has 0 N–H and O–H groups in total. The molecular formula is C16H17BO2. The van der Waals surface area contributed by atoms with Crippen molar-refractivity contribution in [2.24, 2.45) is 0 Å². The molecule has 1 aliphatic heterocycles. The van der Waals surface area contributed by atoms with E-state index in [1.807, 2.05) is 6.07 Å². The second-order valence-electron chi connectivity index (χ2n) is 5.02. The maximum atomic E-state index is 5.85. The molecule has 3 heteroatoms. The molecule has 0 bridgehead atoms. The highest BCUT2D eigenvalue weighted by molar-refractivity contribution is 6.61. The molecule has 2 aromatic rings. The van der Waals surface area contributed by atoms with E-state index in [9.17, 15) is 0 Å². The van der Waals surface area contributed by atoms with Crippen LogP contribution in [0, 0.1) is 6.92 Å². The van der Waals surface area contributed by atoms with Crippen LogP contribution in [0.4, 0.5) is 0 Å². The minimum atomic E-state index is -0.222. The van der Waals surface area contributed by atoms with Gasteiger partial charge in [-0.2, -0.15) is 0 Å². The number of hydrogen-bond donors (Lipinski definition) is 0. The van der Waals surface area contributed by atoms with Crippen molar-refractivity contribution in [3.05, 3.63) is 65.7 Å². The van der Waals surface area contributed by atoms with E-state index in [-0.39, 0.29) is 7.12 Å². The summed E-state index contributed by atoms with van der Waals surface area (Å²) < 4.78 is 11.7. The van der Waals surface area contributed by atoms with Gasteiger partial charge in [-0.25, -0.2) is 0 Å². The van der Waals surface area contributed by atoms with Gasteiger partial charge in [-0.05, 0) is 17.9 Å². The second kappa shape index (κ2) is 5.60. The van der Waals surface area contributed by atoms with Crippen molar-refractivity contribution in [2.45, 2.75) is 12.8 Å². The number of hydrogen-bond acceptors (Lipinski definition) is 2. The average molecular weight is 252 g/mol. The molecule has 19 heavy (non-hydrogen) atoms. The fourth-order valence-corrected chi connectivity index (χ4v) is 2.34. The van der Waals surface area contributed by atoms with E-state index in [1.165, 1.54) is 11.1 Å². The van der Waals surface area contributed by atoms with Crippen LogP contribution in [0.15, 0.2) is 54.6 Å². The number of aryl methyl sites for hydroxylation is 1. The first kappa shape index (κ1) is 12.5. The summed E-state index contributed by atoms with van der Waals surface area (Å²) in [4.78, 5) is 0. The van der Waals surface area contributed by atoms with Gasteiger partial charge in [0.1, 0.15) is 0 Å². The highest BCUT2D eigenvalue weighted by Gasteiger charge is 2.29. The van der Waals surface area contributed by atoms with Gasteiger partial charge >= 0.3 is 7.12 Å². The highest BCUT2D eigenvalue weighted by atomic mass is 16.6. The molecule has 1 aliphatic rings. The summed E-state index contributed by atoms with van der Waals surface area (Å²) in [6, 6.07) is 18.7. The summed E-state index contributed by atoms with van der Waals surface area (Å²) in [5.74, 6) is 0.336. The summed E-state index contributed by atoms with van der Waals surface area (Å²) in [6.45, 7) is 3.50. The van der Waals surface area contributed by atoms with E-state index < -0.39 is 0 Å². The lowest BCUT2D eigenvalue weighted by atomic mass is 9.77. The number of benzene rings is 2. The zero-order chi connectivity index (χ0) is 13.1. The molecule has 96 valence electrons. The van der Waals surface area contributed by atoms with Gasteiger partial charge in [-0.15, -0.1) is 0 Å². The highest BCUT2D eigenvalue weighted by Crippen LogP contribution is 2.20. The monoisotopic (exact) mass is 252 g/mol. The molecule has 0 atom stereocenters. The van der Waals surface area contributed by atoms with Crippen molar-refractivity contribution in [1.82, 2.24) is 0 Å². The Labute approximate surface area is 114 Å². The lowest BCUT2D eigenvalue weighted by molar-refractivity contribution is 0.121. The normalized spacial score (nSPS) is 16.6. The van der Waals surface area contributed by atoms with Crippen LogP contribution in [0.3, 0.4) is 0 Å². The quantitative estimate of drug-likeness (QED) is 0.764. The zero-order valence-electron chi connectivity index (χ0n) is 11.1. The van der Waals surface area contributed by atoms with E-state index in [0.29, 0.717) is 19.1 Å². The fraction of sp³-hybridized carbons (Fsp3) is 0.250. The Morgan fingerprint density at radius 2 is 1.53 bits per heavy atom. The molecule has 1 heterocycles. The SMILES string of the molecule is Cc1ccc(B2OCC(c3ccccc3)CO2)cc1. The van der Waals surface area contributed by atoms with E-state index in [4.69, 9.17) is 9.31 Å². The van der Waals surface area contributed by atoms with E-state index in [2.05, 4.69) is 55.5 Å². The van der Waals surface area contributed by atoms with Crippen LogP contribution in [-0.2, 0) is 9.31 Å². The van der Waals surface area contributed by atoms with Crippen LogP contribution < -0.4 is 5.46 Å². The molecule has 2 nitrogen and oxygen atoms in total. The molecule has 1 saturated heterocycles. The minimum absolute atomic E-state index is 0.222. The molecule has 3 rings (SSSR count). The van der Waals surface area contributed by atoms with Crippen molar-refractivity contribution < 1.29 is 9.31 Å². The third kappa shape index (κ3) is 2.88. The van der Waals surface area contributed by atoms with Crippen LogP contribution in [0.1, 0.15) is 17.0 Å². The van der Waals surface area contributed by atoms with Crippen LogP contribution in [0.25, 0.3) is 0 Å². The molecule has 0 amide bonds. The average Bonchev–Trinajstić information content (AvgIpc) is 2.49. The maximum absolute atomic E-state index is 5.85. The van der Waals surface area contributed by atoms with Crippen molar-refractivity contribution in [2.75, 3.05) is 13.2 Å². The third-order valence-corrected chi connectivity index (χ3v) is 3.52. The Balaban J connectivity index is 1.65. The van der Waals surface area contributed by atoms with Gasteiger partial charge in [0.25, 0.3) is 0 Å². The van der Waals surface area contributed by atoms with E-state index in [0.717, 1.165) is 5.46 Å². The van der Waals surface area contributed by atoms with Crippen molar-refractivity contribution in [3.8, 4) is 0 Å². The zero-order valence-corrected chi connectivity index (χ0v) is 11.1. The molecule has 0 aromatic heterocycles. The van der Waals surface area contributed by atoms with Crippen molar-refractivity contribution in [3.63, 3.8) is 0 Å². The molecule has 2 aromatic carbocycles. The van der Waals surface area contributed by atoms with E-state index >= 15 is 0 Å². The van der Waals surface area contributed by atoms with Gasteiger partial charge in [0, 0.05) is 19.1 Å². The first-order valence-electron chi connectivity index (χ1n) is 6.67.